The van der Waals surface area contributed by atoms with Crippen molar-refractivity contribution >= 4 is 42.3 Å². The first-order chi connectivity index (χ1) is 13.6. The van der Waals surface area contributed by atoms with Gasteiger partial charge in [0.15, 0.2) is 17.3 Å². The first-order valence-corrected chi connectivity index (χ1v) is 11.6. The SMILES string of the molecule is COc1cc2ncnc(N=S(C)(=O)c3ccc(NS(N)(=O)=O)cc3)c2cc1OC. The molecule has 0 saturated heterocycles. The smallest absolute Gasteiger partial charge is 0.296 e. The predicted octanol–water partition coefficient (Wildman–Crippen LogP) is 2.05. The topological polar surface area (TPSA) is 146 Å². The summed E-state index contributed by atoms with van der Waals surface area (Å²) in [5, 5.41) is 5.49. The van der Waals surface area contributed by atoms with Crippen LogP contribution >= 0.6 is 0 Å². The van der Waals surface area contributed by atoms with Crippen LogP contribution in [0.15, 0.2) is 52.0 Å². The molecule has 29 heavy (non-hydrogen) atoms. The zero-order chi connectivity index (χ0) is 21.2. The van der Waals surface area contributed by atoms with E-state index in [4.69, 9.17) is 14.6 Å². The van der Waals surface area contributed by atoms with Crippen LogP contribution in [0.3, 0.4) is 0 Å². The van der Waals surface area contributed by atoms with Crippen molar-refractivity contribution in [3.05, 3.63) is 42.7 Å². The van der Waals surface area contributed by atoms with Crippen molar-refractivity contribution < 1.29 is 22.1 Å². The largest absolute Gasteiger partial charge is 0.493 e. The van der Waals surface area contributed by atoms with Gasteiger partial charge in [0, 0.05) is 28.3 Å². The molecule has 3 rings (SSSR count). The average Bonchev–Trinajstić information content (AvgIpc) is 2.66. The molecular formula is C17H19N5O5S2. The Bertz CT molecular complexity index is 1280. The number of fused-ring (bicyclic) bond motifs is 1. The van der Waals surface area contributed by atoms with Crippen LogP contribution in [0.25, 0.3) is 10.9 Å². The van der Waals surface area contributed by atoms with Crippen LogP contribution in [0.1, 0.15) is 0 Å². The summed E-state index contributed by atoms with van der Waals surface area (Å²) in [7, 11) is -3.77. The van der Waals surface area contributed by atoms with Crippen LogP contribution in [0, 0.1) is 0 Å². The molecule has 0 radical (unpaired) electrons. The lowest BCUT2D eigenvalue weighted by Gasteiger charge is -2.10. The van der Waals surface area contributed by atoms with Crippen molar-refractivity contribution in [2.75, 3.05) is 25.2 Å². The Morgan fingerprint density at radius 2 is 1.62 bits per heavy atom. The van der Waals surface area contributed by atoms with Gasteiger partial charge in [0.1, 0.15) is 6.33 Å². The number of nitrogens with one attached hydrogen (secondary N) is 1. The summed E-state index contributed by atoms with van der Waals surface area (Å²) in [6, 6.07) is 9.26. The van der Waals surface area contributed by atoms with E-state index in [9.17, 15) is 12.6 Å². The van der Waals surface area contributed by atoms with Gasteiger partial charge in [-0.2, -0.15) is 12.8 Å². The lowest BCUT2D eigenvalue weighted by atomic mass is 10.2. The Labute approximate surface area is 168 Å². The second-order valence-electron chi connectivity index (χ2n) is 5.99. The standard InChI is InChI=1S/C17H19N5O5S2/c1-26-15-8-13-14(9-16(15)27-2)19-10-20-17(13)22-28(3,23)12-6-4-11(5-7-12)21-29(18,24)25/h4-10,21H,1-3H3,(H2,18,24,25). The number of nitrogens with two attached hydrogens (primary N) is 1. The molecule has 10 nitrogen and oxygen atoms in total. The minimum absolute atomic E-state index is 0.232. The van der Waals surface area contributed by atoms with Crippen molar-refractivity contribution in [1.82, 2.24) is 9.97 Å². The Morgan fingerprint density at radius 1 is 1.00 bits per heavy atom. The van der Waals surface area contributed by atoms with Crippen molar-refractivity contribution in [3.8, 4) is 11.5 Å². The molecule has 0 aliphatic carbocycles. The van der Waals surface area contributed by atoms with E-state index in [0.29, 0.717) is 27.3 Å². The number of hydrogen-bond donors (Lipinski definition) is 2. The summed E-state index contributed by atoms with van der Waals surface area (Å²) in [5.74, 6) is 1.20. The lowest BCUT2D eigenvalue weighted by molar-refractivity contribution is 0.356. The van der Waals surface area contributed by atoms with Crippen LogP contribution in [0.4, 0.5) is 11.5 Å². The molecule has 12 heteroatoms. The summed E-state index contributed by atoms with van der Waals surface area (Å²) in [4.78, 5) is 8.74. The minimum Gasteiger partial charge on any atom is -0.493 e. The summed E-state index contributed by atoms with van der Waals surface area (Å²) in [5.41, 5.74) is 0.801. The Hall–Kier alpha value is -2.96. The maximum atomic E-state index is 13.2. The van der Waals surface area contributed by atoms with Gasteiger partial charge in [0.2, 0.25) is 0 Å². The summed E-state index contributed by atoms with van der Waals surface area (Å²) >= 11 is 0. The molecule has 0 bridgehead atoms. The fraction of sp³-hybridized carbons (Fsp3) is 0.176. The molecule has 154 valence electrons. The fourth-order valence-electron chi connectivity index (χ4n) is 2.60. The first-order valence-electron chi connectivity index (χ1n) is 8.12. The molecular weight excluding hydrogens is 418 g/mol. The molecule has 2 aromatic carbocycles. The summed E-state index contributed by atoms with van der Waals surface area (Å²) in [6.07, 6.45) is 2.78. The zero-order valence-electron chi connectivity index (χ0n) is 15.8. The number of benzene rings is 2. The van der Waals surface area contributed by atoms with E-state index in [-0.39, 0.29) is 11.5 Å². The minimum atomic E-state index is -3.89. The highest BCUT2D eigenvalue weighted by molar-refractivity contribution is 7.93. The molecule has 1 heterocycles. The molecule has 1 aromatic heterocycles. The zero-order valence-corrected chi connectivity index (χ0v) is 17.5. The number of methoxy groups -OCH3 is 2. The number of nitrogens with zero attached hydrogens (tertiary/aromatic N) is 3. The number of rotatable bonds is 6. The lowest BCUT2D eigenvalue weighted by Crippen LogP contribution is -2.21. The molecule has 0 amide bonds. The maximum Gasteiger partial charge on any atom is 0.296 e. The normalized spacial score (nSPS) is 13.5. The summed E-state index contributed by atoms with van der Waals surface area (Å²) < 4.78 is 52.5. The highest BCUT2D eigenvalue weighted by atomic mass is 32.2. The molecule has 0 aliphatic rings. The molecule has 1 unspecified atom stereocenters. The quantitative estimate of drug-likeness (QED) is 0.600. The molecule has 1 atom stereocenters. The van der Waals surface area contributed by atoms with Gasteiger partial charge in [-0.1, -0.05) is 0 Å². The fourth-order valence-corrected chi connectivity index (χ4v) is 4.29. The molecule has 0 aliphatic heterocycles. The summed E-state index contributed by atoms with van der Waals surface area (Å²) in [6.45, 7) is 0. The van der Waals surface area contributed by atoms with Crippen LogP contribution in [0.2, 0.25) is 0 Å². The predicted molar refractivity (Wildman–Crippen MR) is 110 cm³/mol. The van der Waals surface area contributed by atoms with E-state index < -0.39 is 19.9 Å². The monoisotopic (exact) mass is 437 g/mol. The number of aromatic nitrogens is 2. The van der Waals surface area contributed by atoms with Crippen molar-refractivity contribution in [3.63, 3.8) is 0 Å². The van der Waals surface area contributed by atoms with Crippen LogP contribution in [-0.4, -0.2) is 43.1 Å². The van der Waals surface area contributed by atoms with Gasteiger partial charge >= 0.3 is 0 Å². The van der Waals surface area contributed by atoms with E-state index in [1.165, 1.54) is 51.1 Å². The van der Waals surface area contributed by atoms with Gasteiger partial charge in [-0.15, -0.1) is 0 Å². The number of ether oxygens (including phenoxy) is 2. The van der Waals surface area contributed by atoms with Crippen LogP contribution in [0.5, 0.6) is 11.5 Å². The van der Waals surface area contributed by atoms with Gasteiger partial charge < -0.3 is 9.47 Å². The van der Waals surface area contributed by atoms with Crippen molar-refractivity contribution in [2.45, 2.75) is 4.90 Å². The average molecular weight is 438 g/mol. The van der Waals surface area contributed by atoms with Crippen LogP contribution < -0.4 is 19.3 Å². The highest BCUT2D eigenvalue weighted by Gasteiger charge is 2.14. The first kappa shape index (κ1) is 20.8. The van der Waals surface area contributed by atoms with Crippen LogP contribution in [-0.2, 0) is 19.9 Å². The number of hydrogen-bond acceptors (Lipinski definition) is 8. The Balaban J connectivity index is 2.08. The van der Waals surface area contributed by atoms with E-state index >= 15 is 0 Å². The van der Waals surface area contributed by atoms with Gasteiger partial charge in [0.25, 0.3) is 10.2 Å². The van der Waals surface area contributed by atoms with E-state index in [1.807, 2.05) is 0 Å². The van der Waals surface area contributed by atoms with Gasteiger partial charge in [-0.05, 0) is 30.3 Å². The molecule has 0 spiro atoms. The Morgan fingerprint density at radius 3 is 2.21 bits per heavy atom. The molecule has 0 fully saturated rings. The van der Waals surface area contributed by atoms with E-state index in [2.05, 4.69) is 19.1 Å². The number of anilines is 1. The van der Waals surface area contributed by atoms with E-state index in [1.54, 1.807) is 12.1 Å². The third-order valence-corrected chi connectivity index (χ3v) is 6.12. The van der Waals surface area contributed by atoms with Crippen molar-refractivity contribution in [1.29, 1.82) is 0 Å². The van der Waals surface area contributed by atoms with E-state index in [0.717, 1.165) is 0 Å². The maximum absolute atomic E-state index is 13.2. The second-order valence-corrected chi connectivity index (χ2v) is 9.54. The van der Waals surface area contributed by atoms with Gasteiger partial charge in [-0.3, -0.25) is 4.72 Å². The Kier molecular flexibility index (Phi) is 5.59. The third kappa shape index (κ3) is 4.72. The third-order valence-electron chi connectivity index (χ3n) is 3.93. The van der Waals surface area contributed by atoms with Gasteiger partial charge in [-0.25, -0.2) is 19.3 Å². The molecule has 0 saturated carbocycles. The van der Waals surface area contributed by atoms with Crippen molar-refractivity contribution in [2.24, 2.45) is 9.50 Å². The molecule has 3 aromatic rings. The highest BCUT2D eigenvalue weighted by Crippen LogP contribution is 2.35. The van der Waals surface area contributed by atoms with Gasteiger partial charge in [0.05, 0.1) is 29.5 Å². The molecule has 3 N–H and O–H groups in total. The second kappa shape index (κ2) is 7.81.